The Hall–Kier alpha value is -0.650. The van der Waals surface area contributed by atoms with Gasteiger partial charge in [-0.2, -0.15) is 0 Å². The van der Waals surface area contributed by atoms with Gasteiger partial charge in [0.05, 0.1) is 10.6 Å². The molecule has 0 aromatic carbocycles. The molecule has 1 aliphatic rings. The maximum Gasteiger partial charge on any atom is 0.255 e. The molecule has 7 heteroatoms. The molecule has 0 aliphatic carbocycles. The van der Waals surface area contributed by atoms with Crippen molar-refractivity contribution >= 4 is 39.9 Å². The normalized spacial score (nSPS) is 17.2. The third-order valence-corrected chi connectivity index (χ3v) is 4.30. The second kappa shape index (κ2) is 5.33. The van der Waals surface area contributed by atoms with Gasteiger partial charge in [-0.05, 0) is 6.07 Å². The molecule has 1 aromatic rings. The first-order valence-corrected chi connectivity index (χ1v) is 7.27. The summed E-state index contributed by atoms with van der Waals surface area (Å²) in [5.74, 6) is 0.848. The Labute approximate surface area is 111 Å². The Bertz CT molecular complexity index is 471. The van der Waals surface area contributed by atoms with Crippen LogP contribution in [0.25, 0.3) is 0 Å². The van der Waals surface area contributed by atoms with Crippen LogP contribution in [0.15, 0.2) is 12.3 Å². The van der Waals surface area contributed by atoms with E-state index in [1.807, 2.05) is 0 Å². The van der Waals surface area contributed by atoms with Gasteiger partial charge in [-0.3, -0.25) is 9.00 Å². The summed E-state index contributed by atoms with van der Waals surface area (Å²) in [7, 11) is -0.809. The summed E-state index contributed by atoms with van der Waals surface area (Å²) in [4.78, 5) is 17.6. The Morgan fingerprint density at radius 1 is 1.35 bits per heavy atom. The SMILES string of the molecule is O=C(c1cc(Cl)ncc1Cl)N1CCS(=O)CC1. The predicted octanol–water partition coefficient (Wildman–Crippen LogP) is 1.59. The Morgan fingerprint density at radius 3 is 2.65 bits per heavy atom. The summed E-state index contributed by atoms with van der Waals surface area (Å²) >= 11 is 11.6. The van der Waals surface area contributed by atoms with Crippen molar-refractivity contribution in [3.05, 3.63) is 28.0 Å². The lowest BCUT2D eigenvalue weighted by molar-refractivity contribution is 0.0771. The molecular weight excluding hydrogens is 283 g/mol. The van der Waals surface area contributed by atoms with Gasteiger partial charge in [0, 0.05) is 41.6 Å². The van der Waals surface area contributed by atoms with Crippen molar-refractivity contribution in [1.82, 2.24) is 9.88 Å². The van der Waals surface area contributed by atoms with Crippen molar-refractivity contribution < 1.29 is 9.00 Å². The summed E-state index contributed by atoms with van der Waals surface area (Å²) in [6.07, 6.45) is 1.36. The van der Waals surface area contributed by atoms with E-state index in [1.165, 1.54) is 12.3 Å². The standard InChI is InChI=1S/C10H10Cl2N2O2S/c11-8-6-13-9(12)5-7(8)10(15)14-1-3-17(16)4-2-14/h5-6H,1-4H2. The first-order valence-electron chi connectivity index (χ1n) is 5.03. The smallest absolute Gasteiger partial charge is 0.255 e. The topological polar surface area (TPSA) is 50.3 Å². The first-order chi connectivity index (χ1) is 8.08. The number of carbonyl (C=O) groups excluding carboxylic acids is 1. The van der Waals surface area contributed by atoms with Crippen LogP contribution in [0.1, 0.15) is 10.4 Å². The van der Waals surface area contributed by atoms with E-state index in [-0.39, 0.29) is 16.1 Å². The van der Waals surface area contributed by atoms with Gasteiger partial charge in [0.1, 0.15) is 5.15 Å². The number of rotatable bonds is 1. The molecule has 1 fully saturated rings. The van der Waals surface area contributed by atoms with Gasteiger partial charge in [-0.25, -0.2) is 4.98 Å². The summed E-state index contributed by atoms with van der Waals surface area (Å²) in [5, 5.41) is 0.518. The minimum Gasteiger partial charge on any atom is -0.337 e. The zero-order chi connectivity index (χ0) is 12.4. The molecule has 0 atom stereocenters. The Morgan fingerprint density at radius 2 is 2.00 bits per heavy atom. The number of carbonyl (C=O) groups is 1. The molecule has 1 saturated heterocycles. The van der Waals surface area contributed by atoms with E-state index in [4.69, 9.17) is 23.2 Å². The molecule has 0 unspecified atom stereocenters. The molecule has 0 radical (unpaired) electrons. The molecule has 1 aliphatic heterocycles. The maximum atomic E-state index is 12.1. The van der Waals surface area contributed by atoms with Crippen LogP contribution >= 0.6 is 23.2 Å². The van der Waals surface area contributed by atoms with Crippen LogP contribution in [0.3, 0.4) is 0 Å². The van der Waals surface area contributed by atoms with Crippen molar-refractivity contribution in [3.63, 3.8) is 0 Å². The summed E-state index contributed by atoms with van der Waals surface area (Å²) in [6, 6.07) is 1.46. The van der Waals surface area contributed by atoms with Crippen LogP contribution in [0.2, 0.25) is 10.2 Å². The number of amides is 1. The quantitative estimate of drug-likeness (QED) is 0.739. The highest BCUT2D eigenvalue weighted by molar-refractivity contribution is 7.85. The second-order valence-electron chi connectivity index (χ2n) is 3.63. The van der Waals surface area contributed by atoms with Gasteiger partial charge >= 0.3 is 0 Å². The number of nitrogens with zero attached hydrogens (tertiary/aromatic N) is 2. The minimum atomic E-state index is -0.809. The van der Waals surface area contributed by atoms with E-state index in [9.17, 15) is 9.00 Å². The van der Waals surface area contributed by atoms with E-state index in [0.29, 0.717) is 30.2 Å². The fourth-order valence-corrected chi connectivity index (χ4v) is 2.98. The molecule has 92 valence electrons. The molecule has 0 spiro atoms. The second-order valence-corrected chi connectivity index (χ2v) is 6.12. The highest BCUT2D eigenvalue weighted by atomic mass is 35.5. The molecule has 0 N–H and O–H groups in total. The average Bonchev–Trinajstić information content (AvgIpc) is 2.32. The van der Waals surface area contributed by atoms with E-state index in [1.54, 1.807) is 4.90 Å². The van der Waals surface area contributed by atoms with Crippen LogP contribution in [0.4, 0.5) is 0 Å². The lowest BCUT2D eigenvalue weighted by atomic mass is 10.2. The predicted molar refractivity (Wildman–Crippen MR) is 68.0 cm³/mol. The van der Waals surface area contributed by atoms with Gasteiger partial charge in [0.15, 0.2) is 0 Å². The fourth-order valence-electron chi connectivity index (χ4n) is 1.59. The van der Waals surface area contributed by atoms with Gasteiger partial charge in [-0.15, -0.1) is 0 Å². The molecule has 17 heavy (non-hydrogen) atoms. The maximum absolute atomic E-state index is 12.1. The van der Waals surface area contributed by atoms with Crippen molar-refractivity contribution in [2.75, 3.05) is 24.6 Å². The van der Waals surface area contributed by atoms with E-state index < -0.39 is 10.8 Å². The number of pyridine rings is 1. The summed E-state index contributed by atoms with van der Waals surface area (Å²) in [6.45, 7) is 0.976. The van der Waals surface area contributed by atoms with Gasteiger partial charge < -0.3 is 4.90 Å². The Kier molecular flexibility index (Phi) is 4.01. The molecule has 0 bridgehead atoms. The lowest BCUT2D eigenvalue weighted by Gasteiger charge is -2.26. The highest BCUT2D eigenvalue weighted by Crippen LogP contribution is 2.20. The molecule has 1 aromatic heterocycles. The fraction of sp³-hybridized carbons (Fsp3) is 0.400. The van der Waals surface area contributed by atoms with Gasteiger partial charge in [-0.1, -0.05) is 23.2 Å². The molecule has 4 nitrogen and oxygen atoms in total. The monoisotopic (exact) mass is 292 g/mol. The van der Waals surface area contributed by atoms with E-state index in [2.05, 4.69) is 4.98 Å². The van der Waals surface area contributed by atoms with Crippen molar-refractivity contribution in [2.45, 2.75) is 0 Å². The number of hydrogen-bond donors (Lipinski definition) is 0. The van der Waals surface area contributed by atoms with Crippen LogP contribution in [-0.2, 0) is 10.8 Å². The van der Waals surface area contributed by atoms with E-state index in [0.717, 1.165) is 0 Å². The molecule has 0 saturated carbocycles. The Balaban J connectivity index is 2.19. The van der Waals surface area contributed by atoms with Crippen LogP contribution in [0, 0.1) is 0 Å². The number of hydrogen-bond acceptors (Lipinski definition) is 3. The lowest BCUT2D eigenvalue weighted by Crippen LogP contribution is -2.41. The molecular formula is C10H10Cl2N2O2S. The molecule has 2 rings (SSSR count). The third kappa shape index (κ3) is 2.97. The van der Waals surface area contributed by atoms with E-state index >= 15 is 0 Å². The summed E-state index contributed by atoms with van der Waals surface area (Å²) < 4.78 is 11.2. The molecule has 2 heterocycles. The van der Waals surface area contributed by atoms with Gasteiger partial charge in [0.25, 0.3) is 5.91 Å². The van der Waals surface area contributed by atoms with Crippen molar-refractivity contribution in [2.24, 2.45) is 0 Å². The van der Waals surface area contributed by atoms with Crippen molar-refractivity contribution in [3.8, 4) is 0 Å². The summed E-state index contributed by atoms with van der Waals surface area (Å²) in [5.41, 5.74) is 0.347. The third-order valence-electron chi connectivity index (χ3n) is 2.52. The van der Waals surface area contributed by atoms with Crippen molar-refractivity contribution in [1.29, 1.82) is 0 Å². The average molecular weight is 293 g/mol. The molecule has 1 amide bonds. The van der Waals surface area contributed by atoms with Crippen LogP contribution in [0.5, 0.6) is 0 Å². The number of aromatic nitrogens is 1. The largest absolute Gasteiger partial charge is 0.337 e. The zero-order valence-corrected chi connectivity index (χ0v) is 11.2. The van der Waals surface area contributed by atoms with Crippen LogP contribution in [-0.4, -0.2) is 44.6 Å². The van der Waals surface area contributed by atoms with Crippen LogP contribution < -0.4 is 0 Å². The first kappa shape index (κ1) is 12.8. The van der Waals surface area contributed by atoms with Gasteiger partial charge in [0.2, 0.25) is 0 Å². The highest BCUT2D eigenvalue weighted by Gasteiger charge is 2.23. The zero-order valence-electron chi connectivity index (χ0n) is 8.86. The minimum absolute atomic E-state index is 0.184. The number of halogens is 2.